The molecule has 3 saturated heterocycles. The van der Waals surface area contributed by atoms with E-state index in [0.29, 0.717) is 24.2 Å². The molecule has 0 aromatic carbocycles. The number of amides is 1. The number of anilines is 1. The molecule has 0 unspecified atom stereocenters. The molecular weight excluding hydrogens is 280 g/mol. The highest BCUT2D eigenvalue weighted by molar-refractivity contribution is 5.76. The van der Waals surface area contributed by atoms with Gasteiger partial charge in [0.25, 0.3) is 0 Å². The molecule has 22 heavy (non-hydrogen) atoms. The van der Waals surface area contributed by atoms with Crippen molar-refractivity contribution in [3.05, 3.63) is 18.5 Å². The number of ether oxygens (including phenoxy) is 1. The van der Waals surface area contributed by atoms with E-state index in [1.165, 1.54) is 0 Å². The van der Waals surface area contributed by atoms with E-state index in [9.17, 15) is 4.79 Å². The maximum atomic E-state index is 12.4. The average Bonchev–Trinajstić information content (AvgIpc) is 3.26. The fourth-order valence-electron chi connectivity index (χ4n) is 3.95. The Kier molecular flexibility index (Phi) is 3.70. The molecule has 3 atom stereocenters. The summed E-state index contributed by atoms with van der Waals surface area (Å²) < 4.78 is 5.94. The van der Waals surface area contributed by atoms with E-state index in [4.69, 9.17) is 4.74 Å². The predicted octanol–water partition coefficient (Wildman–Crippen LogP) is 0.940. The van der Waals surface area contributed by atoms with E-state index in [0.717, 1.165) is 51.6 Å². The highest BCUT2D eigenvalue weighted by atomic mass is 16.5. The Labute approximate surface area is 130 Å². The molecule has 4 rings (SSSR count). The van der Waals surface area contributed by atoms with Crippen LogP contribution in [0.2, 0.25) is 0 Å². The van der Waals surface area contributed by atoms with E-state index in [-0.39, 0.29) is 6.10 Å². The van der Waals surface area contributed by atoms with E-state index in [2.05, 4.69) is 14.9 Å². The number of fused-ring (bicyclic) bond motifs is 1. The van der Waals surface area contributed by atoms with Gasteiger partial charge in [0.1, 0.15) is 0 Å². The third kappa shape index (κ3) is 2.56. The van der Waals surface area contributed by atoms with Crippen LogP contribution in [0.5, 0.6) is 0 Å². The van der Waals surface area contributed by atoms with Crippen LogP contribution in [0.1, 0.15) is 19.3 Å². The number of aromatic nitrogens is 2. The van der Waals surface area contributed by atoms with Crippen LogP contribution in [0.4, 0.5) is 5.95 Å². The molecule has 118 valence electrons. The van der Waals surface area contributed by atoms with Gasteiger partial charge in [0.05, 0.1) is 12.7 Å². The van der Waals surface area contributed by atoms with Crippen LogP contribution in [-0.2, 0) is 9.53 Å². The number of rotatable bonds is 3. The van der Waals surface area contributed by atoms with Crippen LogP contribution in [0.3, 0.4) is 0 Å². The second kappa shape index (κ2) is 5.83. The molecule has 0 aliphatic carbocycles. The molecule has 1 aromatic heterocycles. The van der Waals surface area contributed by atoms with Crippen molar-refractivity contribution in [1.82, 2.24) is 14.9 Å². The number of hydrogen-bond acceptors (Lipinski definition) is 5. The standard InChI is InChI=1S/C16H22N4O2/c21-15(19-6-1-2-7-19)8-12-11-22-14-10-20(9-13(12)14)16-17-4-3-5-18-16/h3-5,12-14H,1-2,6-11H2/t12-,13+,14+/m0/s1. The molecule has 6 nitrogen and oxygen atoms in total. The Morgan fingerprint density at radius 2 is 2.00 bits per heavy atom. The summed E-state index contributed by atoms with van der Waals surface area (Å²) in [6, 6.07) is 1.83. The maximum absolute atomic E-state index is 12.4. The first-order chi connectivity index (χ1) is 10.8. The lowest BCUT2D eigenvalue weighted by atomic mass is 9.90. The summed E-state index contributed by atoms with van der Waals surface area (Å²) in [5.41, 5.74) is 0. The van der Waals surface area contributed by atoms with E-state index < -0.39 is 0 Å². The highest BCUT2D eigenvalue weighted by Crippen LogP contribution is 2.36. The van der Waals surface area contributed by atoms with Gasteiger partial charge in [-0.25, -0.2) is 9.97 Å². The van der Waals surface area contributed by atoms with Crippen molar-refractivity contribution in [3.63, 3.8) is 0 Å². The van der Waals surface area contributed by atoms with Crippen molar-refractivity contribution in [1.29, 1.82) is 0 Å². The van der Waals surface area contributed by atoms with Crippen molar-refractivity contribution >= 4 is 11.9 Å². The third-order valence-electron chi connectivity index (χ3n) is 5.17. The van der Waals surface area contributed by atoms with Crippen molar-refractivity contribution < 1.29 is 9.53 Å². The van der Waals surface area contributed by atoms with Crippen LogP contribution in [-0.4, -0.2) is 59.7 Å². The van der Waals surface area contributed by atoms with Gasteiger partial charge in [0.2, 0.25) is 11.9 Å². The predicted molar refractivity (Wildman–Crippen MR) is 81.4 cm³/mol. The summed E-state index contributed by atoms with van der Waals surface area (Å²) in [5, 5.41) is 0. The second-order valence-corrected chi connectivity index (χ2v) is 6.54. The van der Waals surface area contributed by atoms with Gasteiger partial charge in [-0.05, 0) is 24.8 Å². The van der Waals surface area contributed by atoms with Crippen LogP contribution in [0, 0.1) is 11.8 Å². The first-order valence-corrected chi connectivity index (χ1v) is 8.22. The Morgan fingerprint density at radius 1 is 1.23 bits per heavy atom. The Bertz CT molecular complexity index is 532. The summed E-state index contributed by atoms with van der Waals surface area (Å²) >= 11 is 0. The topological polar surface area (TPSA) is 58.6 Å². The second-order valence-electron chi connectivity index (χ2n) is 6.54. The summed E-state index contributed by atoms with van der Waals surface area (Å²) in [6.45, 7) is 4.32. The molecule has 3 fully saturated rings. The number of carbonyl (C=O) groups excluding carboxylic acids is 1. The monoisotopic (exact) mass is 302 g/mol. The van der Waals surface area contributed by atoms with Crippen LogP contribution < -0.4 is 4.90 Å². The molecule has 3 aliphatic rings. The SMILES string of the molecule is O=C(C[C@H]1CO[C@@H]2CN(c3ncccn3)C[C@H]12)N1CCCC1. The van der Waals surface area contributed by atoms with Crippen LogP contribution in [0.15, 0.2) is 18.5 Å². The largest absolute Gasteiger partial charge is 0.376 e. The Balaban J connectivity index is 1.39. The minimum absolute atomic E-state index is 0.222. The normalized spacial score (nSPS) is 30.8. The number of nitrogens with zero attached hydrogens (tertiary/aromatic N) is 4. The van der Waals surface area contributed by atoms with Gasteiger partial charge < -0.3 is 14.5 Å². The van der Waals surface area contributed by atoms with E-state index in [1.54, 1.807) is 12.4 Å². The quantitative estimate of drug-likeness (QED) is 0.832. The zero-order valence-electron chi connectivity index (χ0n) is 12.7. The fraction of sp³-hybridized carbons (Fsp3) is 0.688. The highest BCUT2D eigenvalue weighted by Gasteiger charge is 2.45. The minimum Gasteiger partial charge on any atom is -0.376 e. The summed E-state index contributed by atoms with van der Waals surface area (Å²) in [4.78, 5) is 25.2. The number of carbonyl (C=O) groups is 1. The number of likely N-dealkylation sites (tertiary alicyclic amines) is 1. The van der Waals surface area contributed by atoms with Gasteiger partial charge >= 0.3 is 0 Å². The molecule has 6 heteroatoms. The zero-order valence-corrected chi connectivity index (χ0v) is 12.7. The molecule has 0 N–H and O–H groups in total. The lowest BCUT2D eigenvalue weighted by Gasteiger charge is -2.21. The Hall–Kier alpha value is -1.69. The molecule has 0 radical (unpaired) electrons. The van der Waals surface area contributed by atoms with Gasteiger partial charge in [-0.15, -0.1) is 0 Å². The summed E-state index contributed by atoms with van der Waals surface area (Å²) in [7, 11) is 0. The van der Waals surface area contributed by atoms with Crippen molar-refractivity contribution in [3.8, 4) is 0 Å². The smallest absolute Gasteiger partial charge is 0.225 e. The lowest BCUT2D eigenvalue weighted by molar-refractivity contribution is -0.131. The summed E-state index contributed by atoms with van der Waals surface area (Å²) in [5.74, 6) is 1.84. The zero-order chi connectivity index (χ0) is 14.9. The molecule has 1 amide bonds. The number of hydrogen-bond donors (Lipinski definition) is 0. The van der Waals surface area contributed by atoms with Crippen LogP contribution in [0.25, 0.3) is 0 Å². The molecular formula is C16H22N4O2. The first-order valence-electron chi connectivity index (χ1n) is 8.22. The van der Waals surface area contributed by atoms with E-state index in [1.807, 2.05) is 11.0 Å². The minimum atomic E-state index is 0.222. The third-order valence-corrected chi connectivity index (χ3v) is 5.17. The maximum Gasteiger partial charge on any atom is 0.225 e. The first kappa shape index (κ1) is 13.9. The average molecular weight is 302 g/mol. The van der Waals surface area contributed by atoms with Crippen molar-refractivity contribution in [2.24, 2.45) is 11.8 Å². The molecule has 1 aromatic rings. The molecule has 0 bridgehead atoms. The van der Waals surface area contributed by atoms with Crippen molar-refractivity contribution in [2.45, 2.75) is 25.4 Å². The fourth-order valence-corrected chi connectivity index (χ4v) is 3.95. The van der Waals surface area contributed by atoms with Gasteiger partial charge in [-0.1, -0.05) is 0 Å². The van der Waals surface area contributed by atoms with Crippen molar-refractivity contribution in [2.75, 3.05) is 37.7 Å². The summed E-state index contributed by atoms with van der Waals surface area (Å²) in [6.07, 6.45) is 6.69. The Morgan fingerprint density at radius 3 is 2.77 bits per heavy atom. The molecule has 4 heterocycles. The molecule has 3 aliphatic heterocycles. The molecule has 0 spiro atoms. The van der Waals surface area contributed by atoms with E-state index >= 15 is 0 Å². The van der Waals surface area contributed by atoms with Gasteiger partial charge in [-0.2, -0.15) is 0 Å². The van der Waals surface area contributed by atoms with Crippen LogP contribution >= 0.6 is 0 Å². The van der Waals surface area contributed by atoms with Gasteiger partial charge in [0.15, 0.2) is 0 Å². The lowest BCUT2D eigenvalue weighted by Crippen LogP contribution is -2.32. The van der Waals surface area contributed by atoms with Gasteiger partial charge in [-0.3, -0.25) is 4.79 Å². The van der Waals surface area contributed by atoms with Gasteiger partial charge in [0, 0.05) is 50.9 Å². The molecule has 0 saturated carbocycles.